The lowest BCUT2D eigenvalue weighted by Crippen LogP contribution is -2.47. The number of hydrogen-bond donors (Lipinski definition) is 0. The molecule has 0 spiro atoms. The van der Waals surface area contributed by atoms with Gasteiger partial charge in [0.15, 0.2) is 0 Å². The molecule has 110 valence electrons. The molecular weight excluding hydrogens is 264 g/mol. The third-order valence-electron chi connectivity index (χ3n) is 4.42. The summed E-state index contributed by atoms with van der Waals surface area (Å²) in [7, 11) is -1.30. The maximum atomic E-state index is 12.5. The second-order valence-corrected chi connectivity index (χ2v) is 7.83. The lowest BCUT2D eigenvalue weighted by molar-refractivity contribution is -0.137. The van der Waals surface area contributed by atoms with E-state index in [0.29, 0.717) is 19.1 Å². The average molecular weight is 288 g/mol. The highest BCUT2D eigenvalue weighted by Crippen LogP contribution is 2.26. The van der Waals surface area contributed by atoms with E-state index < -0.39 is 10.0 Å². The molecule has 0 bridgehead atoms. The van der Waals surface area contributed by atoms with E-state index in [2.05, 4.69) is 0 Å². The maximum Gasteiger partial charge on any atom is 0.227 e. The van der Waals surface area contributed by atoms with Gasteiger partial charge in [-0.1, -0.05) is 12.8 Å². The van der Waals surface area contributed by atoms with E-state index in [9.17, 15) is 13.2 Å². The Hall–Kier alpha value is -0.620. The Bertz CT molecular complexity index is 429. The Kier molecular flexibility index (Phi) is 4.50. The molecule has 5 nitrogen and oxygen atoms in total. The van der Waals surface area contributed by atoms with Crippen molar-refractivity contribution in [2.75, 3.05) is 26.4 Å². The van der Waals surface area contributed by atoms with Gasteiger partial charge in [0.25, 0.3) is 0 Å². The van der Waals surface area contributed by atoms with Crippen LogP contribution in [0.4, 0.5) is 0 Å². The van der Waals surface area contributed by atoms with E-state index in [1.165, 1.54) is 23.4 Å². The number of rotatable bonds is 3. The quantitative estimate of drug-likeness (QED) is 0.780. The molecule has 1 amide bonds. The van der Waals surface area contributed by atoms with Gasteiger partial charge in [-0.05, 0) is 25.7 Å². The van der Waals surface area contributed by atoms with Gasteiger partial charge >= 0.3 is 0 Å². The first kappa shape index (κ1) is 14.8. The minimum atomic E-state index is -3.17. The van der Waals surface area contributed by atoms with Crippen LogP contribution in [0.2, 0.25) is 0 Å². The van der Waals surface area contributed by atoms with Crippen LogP contribution >= 0.6 is 0 Å². The fraction of sp³-hybridized carbons (Fsp3) is 0.923. The van der Waals surface area contributed by atoms with E-state index in [1.54, 1.807) is 0 Å². The number of nitrogens with zero attached hydrogens (tertiary/aromatic N) is 2. The van der Waals surface area contributed by atoms with E-state index in [1.807, 2.05) is 11.9 Å². The van der Waals surface area contributed by atoms with Crippen LogP contribution < -0.4 is 0 Å². The average Bonchev–Trinajstić information content (AvgIpc) is 2.90. The van der Waals surface area contributed by atoms with Crippen LogP contribution in [0.25, 0.3) is 0 Å². The van der Waals surface area contributed by atoms with E-state index in [-0.39, 0.29) is 11.8 Å². The van der Waals surface area contributed by atoms with Gasteiger partial charge in [0.05, 0.1) is 12.2 Å². The van der Waals surface area contributed by atoms with Crippen molar-refractivity contribution in [2.45, 2.75) is 44.6 Å². The van der Waals surface area contributed by atoms with Crippen molar-refractivity contribution < 1.29 is 13.2 Å². The smallest absolute Gasteiger partial charge is 0.227 e. The molecule has 2 fully saturated rings. The second kappa shape index (κ2) is 5.79. The van der Waals surface area contributed by atoms with Crippen molar-refractivity contribution >= 4 is 15.9 Å². The molecule has 0 aromatic carbocycles. The molecular formula is C13H24N2O3S. The summed E-state index contributed by atoms with van der Waals surface area (Å²) in [5, 5.41) is 0. The van der Waals surface area contributed by atoms with E-state index in [4.69, 9.17) is 0 Å². The Labute approximate surface area is 116 Å². The maximum absolute atomic E-state index is 12.5. The summed E-state index contributed by atoms with van der Waals surface area (Å²) < 4.78 is 24.6. The molecule has 19 heavy (non-hydrogen) atoms. The molecule has 1 atom stereocenters. The molecule has 1 heterocycles. The van der Waals surface area contributed by atoms with Crippen LogP contribution in [-0.2, 0) is 14.8 Å². The highest BCUT2D eigenvalue weighted by molar-refractivity contribution is 7.88. The lowest BCUT2D eigenvalue weighted by atomic mass is 9.97. The molecule has 2 aliphatic rings. The number of hydrogen-bond acceptors (Lipinski definition) is 3. The zero-order chi connectivity index (χ0) is 14.0. The Morgan fingerprint density at radius 1 is 1.16 bits per heavy atom. The van der Waals surface area contributed by atoms with Crippen molar-refractivity contribution in [3.63, 3.8) is 0 Å². The van der Waals surface area contributed by atoms with Gasteiger partial charge in [-0.3, -0.25) is 4.79 Å². The van der Waals surface area contributed by atoms with Gasteiger partial charge in [-0.2, -0.15) is 0 Å². The monoisotopic (exact) mass is 288 g/mol. The molecule has 2 rings (SSSR count). The third-order valence-corrected chi connectivity index (χ3v) is 5.69. The summed E-state index contributed by atoms with van der Waals surface area (Å²) in [5.74, 6) is -0.0330. The number of carbonyl (C=O) groups excluding carboxylic acids is 1. The van der Waals surface area contributed by atoms with Gasteiger partial charge in [0, 0.05) is 26.2 Å². The minimum absolute atomic E-state index is 0.125. The van der Waals surface area contributed by atoms with Gasteiger partial charge in [0.2, 0.25) is 15.9 Å². The van der Waals surface area contributed by atoms with Gasteiger partial charge in [-0.25, -0.2) is 12.7 Å². The number of carbonyl (C=O) groups is 1. The van der Waals surface area contributed by atoms with Crippen LogP contribution in [0.5, 0.6) is 0 Å². The molecule has 1 aliphatic carbocycles. The predicted octanol–water partition coefficient (Wildman–Crippen LogP) is 1.06. The Balaban J connectivity index is 1.98. The van der Waals surface area contributed by atoms with Crippen LogP contribution in [0.15, 0.2) is 0 Å². The van der Waals surface area contributed by atoms with Crippen LogP contribution in [-0.4, -0.2) is 56.0 Å². The topological polar surface area (TPSA) is 57.7 Å². The van der Waals surface area contributed by atoms with Crippen molar-refractivity contribution in [1.82, 2.24) is 9.21 Å². The SMILES string of the molecule is CN(C(=O)C1CCCN(S(C)(=O)=O)C1)C1CCCC1. The Morgan fingerprint density at radius 2 is 1.79 bits per heavy atom. The molecule has 0 N–H and O–H groups in total. The first-order valence-corrected chi connectivity index (χ1v) is 8.96. The normalized spacial score (nSPS) is 26.5. The second-order valence-electron chi connectivity index (χ2n) is 5.85. The van der Waals surface area contributed by atoms with Crippen LogP contribution in [0.1, 0.15) is 38.5 Å². The summed E-state index contributed by atoms with van der Waals surface area (Å²) in [5.41, 5.74) is 0. The molecule has 0 radical (unpaired) electrons. The molecule has 0 aromatic rings. The first-order valence-electron chi connectivity index (χ1n) is 7.11. The summed E-state index contributed by atoms with van der Waals surface area (Å²) in [6.45, 7) is 0.907. The number of amides is 1. The number of piperidine rings is 1. The third kappa shape index (κ3) is 3.48. The highest BCUT2D eigenvalue weighted by atomic mass is 32.2. The van der Waals surface area contributed by atoms with Crippen molar-refractivity contribution in [3.8, 4) is 0 Å². The summed E-state index contributed by atoms with van der Waals surface area (Å²) in [6.07, 6.45) is 7.38. The van der Waals surface area contributed by atoms with Gasteiger partial charge < -0.3 is 4.90 Å². The summed E-state index contributed by atoms with van der Waals surface area (Å²) >= 11 is 0. The highest BCUT2D eigenvalue weighted by Gasteiger charge is 2.34. The number of sulfonamides is 1. The predicted molar refractivity (Wildman–Crippen MR) is 74.2 cm³/mol. The first-order chi connectivity index (χ1) is 8.89. The zero-order valence-electron chi connectivity index (χ0n) is 11.8. The zero-order valence-corrected chi connectivity index (χ0v) is 12.7. The Morgan fingerprint density at radius 3 is 2.37 bits per heavy atom. The minimum Gasteiger partial charge on any atom is -0.342 e. The van der Waals surface area contributed by atoms with Crippen LogP contribution in [0.3, 0.4) is 0 Å². The molecule has 1 saturated carbocycles. The lowest BCUT2D eigenvalue weighted by Gasteiger charge is -2.34. The fourth-order valence-corrected chi connectivity index (χ4v) is 4.12. The van der Waals surface area contributed by atoms with Gasteiger partial charge in [-0.15, -0.1) is 0 Å². The molecule has 0 aromatic heterocycles. The van der Waals surface area contributed by atoms with Crippen molar-refractivity contribution in [2.24, 2.45) is 5.92 Å². The largest absolute Gasteiger partial charge is 0.342 e. The van der Waals surface area contributed by atoms with Crippen molar-refractivity contribution in [1.29, 1.82) is 0 Å². The molecule has 1 aliphatic heterocycles. The van der Waals surface area contributed by atoms with Crippen molar-refractivity contribution in [3.05, 3.63) is 0 Å². The summed E-state index contributed by atoms with van der Waals surface area (Å²) in [6, 6.07) is 0.362. The van der Waals surface area contributed by atoms with Crippen LogP contribution in [0, 0.1) is 5.92 Å². The fourth-order valence-electron chi connectivity index (χ4n) is 3.20. The molecule has 1 saturated heterocycles. The standard InChI is InChI=1S/C13H24N2O3S/c1-14(12-7-3-4-8-12)13(16)11-6-5-9-15(10-11)19(2,17)18/h11-12H,3-10H2,1-2H3. The van der Waals surface area contributed by atoms with E-state index >= 15 is 0 Å². The molecule has 1 unspecified atom stereocenters. The molecule has 6 heteroatoms. The summed E-state index contributed by atoms with van der Waals surface area (Å²) in [4.78, 5) is 14.3. The van der Waals surface area contributed by atoms with E-state index in [0.717, 1.165) is 25.7 Å². The van der Waals surface area contributed by atoms with Gasteiger partial charge in [0.1, 0.15) is 0 Å².